The molecule has 0 radical (unpaired) electrons. The molecule has 0 amide bonds. The topological polar surface area (TPSA) is 76.6 Å². The number of aromatic nitrogens is 3. The fourth-order valence-corrected chi connectivity index (χ4v) is 3.20. The molecule has 3 heterocycles. The lowest BCUT2D eigenvalue weighted by atomic mass is 10.1. The van der Waals surface area contributed by atoms with E-state index in [2.05, 4.69) is 4.98 Å². The standard InChI is InChI=1S/C20H14ClN3O3/c21-15-5-1-3-13(9-15)11-24-8-7-23-12-16(14-4-2-6-22-10-14)18(25)19(26)17(23)20(24)27/h1-10,12,26H,11H2. The summed E-state index contributed by atoms with van der Waals surface area (Å²) < 4.78 is 2.87. The van der Waals surface area contributed by atoms with Gasteiger partial charge in [0.25, 0.3) is 5.56 Å². The van der Waals surface area contributed by atoms with Crippen LogP contribution >= 0.6 is 11.6 Å². The Hall–Kier alpha value is -3.38. The molecule has 0 spiro atoms. The quantitative estimate of drug-likeness (QED) is 0.593. The minimum Gasteiger partial charge on any atom is -0.503 e. The highest BCUT2D eigenvalue weighted by Crippen LogP contribution is 2.19. The maximum absolute atomic E-state index is 12.8. The summed E-state index contributed by atoms with van der Waals surface area (Å²) >= 11 is 5.99. The number of benzene rings is 1. The minimum absolute atomic E-state index is 0.0721. The zero-order valence-corrected chi connectivity index (χ0v) is 14.8. The Kier molecular flexibility index (Phi) is 4.25. The monoisotopic (exact) mass is 379 g/mol. The highest BCUT2D eigenvalue weighted by atomic mass is 35.5. The van der Waals surface area contributed by atoms with Gasteiger partial charge in [-0.25, -0.2) is 0 Å². The molecule has 0 aliphatic rings. The molecule has 3 aromatic heterocycles. The van der Waals surface area contributed by atoms with Gasteiger partial charge in [0.15, 0.2) is 11.3 Å². The summed E-state index contributed by atoms with van der Waals surface area (Å²) in [4.78, 5) is 29.4. The normalized spacial score (nSPS) is 11.0. The van der Waals surface area contributed by atoms with Gasteiger partial charge in [0.05, 0.1) is 12.1 Å². The summed E-state index contributed by atoms with van der Waals surface area (Å²) in [5, 5.41) is 11.0. The second-order valence-corrected chi connectivity index (χ2v) is 6.52. The predicted octanol–water partition coefficient (Wildman–Crippen LogP) is 2.93. The molecule has 1 aromatic carbocycles. The largest absolute Gasteiger partial charge is 0.503 e. The average Bonchev–Trinajstić information content (AvgIpc) is 2.67. The fraction of sp³-hybridized carbons (Fsp3) is 0.0500. The van der Waals surface area contributed by atoms with Gasteiger partial charge >= 0.3 is 0 Å². The van der Waals surface area contributed by atoms with Crippen molar-refractivity contribution in [2.24, 2.45) is 0 Å². The zero-order valence-electron chi connectivity index (χ0n) is 14.0. The molecule has 0 atom stereocenters. The number of fused-ring (bicyclic) bond motifs is 1. The van der Waals surface area contributed by atoms with Crippen molar-refractivity contribution < 1.29 is 5.11 Å². The molecule has 0 bridgehead atoms. The number of rotatable bonds is 3. The Morgan fingerprint density at radius 3 is 2.70 bits per heavy atom. The summed E-state index contributed by atoms with van der Waals surface area (Å²) in [7, 11) is 0. The molecule has 0 aliphatic heterocycles. The van der Waals surface area contributed by atoms with Crippen molar-refractivity contribution in [2.75, 3.05) is 0 Å². The SMILES string of the molecule is O=c1c(-c2cccnc2)cn2ccn(Cc3cccc(Cl)c3)c(=O)c2c1O. The van der Waals surface area contributed by atoms with Crippen LogP contribution in [0.3, 0.4) is 0 Å². The Labute approximate surface area is 158 Å². The van der Waals surface area contributed by atoms with Gasteiger partial charge in [-0.15, -0.1) is 0 Å². The average molecular weight is 380 g/mol. The van der Waals surface area contributed by atoms with Crippen LogP contribution in [0.2, 0.25) is 5.02 Å². The van der Waals surface area contributed by atoms with Gasteiger partial charge in [0.2, 0.25) is 5.43 Å². The van der Waals surface area contributed by atoms with Crippen LogP contribution in [-0.2, 0) is 6.54 Å². The van der Waals surface area contributed by atoms with Crippen molar-refractivity contribution in [3.05, 3.63) is 98.5 Å². The molecule has 6 nitrogen and oxygen atoms in total. The molecular weight excluding hydrogens is 366 g/mol. The van der Waals surface area contributed by atoms with Gasteiger partial charge in [0, 0.05) is 41.6 Å². The van der Waals surface area contributed by atoms with Crippen LogP contribution in [0.15, 0.2) is 77.0 Å². The maximum Gasteiger partial charge on any atom is 0.279 e. The molecule has 0 fully saturated rings. The van der Waals surface area contributed by atoms with Crippen molar-refractivity contribution in [1.82, 2.24) is 14.0 Å². The van der Waals surface area contributed by atoms with Crippen LogP contribution in [0.4, 0.5) is 0 Å². The number of aromatic hydroxyl groups is 1. The summed E-state index contributed by atoms with van der Waals surface area (Å²) in [5.41, 5.74) is 0.519. The third-order valence-corrected chi connectivity index (χ3v) is 4.53. The van der Waals surface area contributed by atoms with E-state index in [1.807, 2.05) is 6.07 Å². The molecule has 4 rings (SSSR count). The van der Waals surface area contributed by atoms with E-state index in [0.29, 0.717) is 10.6 Å². The lowest BCUT2D eigenvalue weighted by Crippen LogP contribution is -2.24. The first-order valence-electron chi connectivity index (χ1n) is 8.17. The van der Waals surface area contributed by atoms with Crippen LogP contribution < -0.4 is 11.0 Å². The molecule has 4 aromatic rings. The molecule has 7 heteroatoms. The molecule has 0 aliphatic carbocycles. The maximum atomic E-state index is 12.8. The van der Waals surface area contributed by atoms with Crippen molar-refractivity contribution in [1.29, 1.82) is 0 Å². The molecule has 134 valence electrons. The van der Waals surface area contributed by atoms with Crippen LogP contribution in [0, 0.1) is 0 Å². The number of halogens is 1. The van der Waals surface area contributed by atoms with E-state index in [-0.39, 0.29) is 17.6 Å². The molecule has 27 heavy (non-hydrogen) atoms. The van der Waals surface area contributed by atoms with Crippen LogP contribution in [-0.4, -0.2) is 19.1 Å². The summed E-state index contributed by atoms with van der Waals surface area (Å²) in [6, 6.07) is 10.6. The number of nitrogens with zero attached hydrogens (tertiary/aromatic N) is 3. The predicted molar refractivity (Wildman–Crippen MR) is 103 cm³/mol. The first-order chi connectivity index (χ1) is 13.0. The zero-order chi connectivity index (χ0) is 19.0. The van der Waals surface area contributed by atoms with Gasteiger partial charge in [-0.1, -0.05) is 29.8 Å². The number of pyridine rings is 2. The Morgan fingerprint density at radius 1 is 1.11 bits per heavy atom. The van der Waals surface area contributed by atoms with E-state index < -0.39 is 16.7 Å². The molecule has 1 N–H and O–H groups in total. The summed E-state index contributed by atoms with van der Waals surface area (Å²) in [6.45, 7) is 0.272. The van der Waals surface area contributed by atoms with Gasteiger partial charge in [-0.05, 0) is 23.8 Å². The molecule has 0 saturated carbocycles. The first kappa shape index (κ1) is 17.1. The van der Waals surface area contributed by atoms with E-state index in [0.717, 1.165) is 5.56 Å². The molecular formula is C20H14ClN3O3. The van der Waals surface area contributed by atoms with Crippen molar-refractivity contribution in [3.8, 4) is 16.9 Å². The van der Waals surface area contributed by atoms with Gasteiger partial charge in [-0.3, -0.25) is 14.6 Å². The highest BCUT2D eigenvalue weighted by Gasteiger charge is 2.15. The van der Waals surface area contributed by atoms with E-state index >= 15 is 0 Å². The summed E-state index contributed by atoms with van der Waals surface area (Å²) in [6.07, 6.45) is 7.88. The van der Waals surface area contributed by atoms with Gasteiger partial charge < -0.3 is 14.1 Å². The number of hydrogen-bond acceptors (Lipinski definition) is 4. The first-order valence-corrected chi connectivity index (χ1v) is 8.54. The van der Waals surface area contributed by atoms with Crippen LogP contribution in [0.5, 0.6) is 5.75 Å². The van der Waals surface area contributed by atoms with Gasteiger partial charge in [-0.2, -0.15) is 0 Å². The lowest BCUT2D eigenvalue weighted by Gasteiger charge is -2.11. The van der Waals surface area contributed by atoms with Crippen LogP contribution in [0.25, 0.3) is 16.6 Å². The Morgan fingerprint density at radius 2 is 1.96 bits per heavy atom. The van der Waals surface area contributed by atoms with E-state index in [1.165, 1.54) is 21.4 Å². The third kappa shape index (κ3) is 3.11. The fourth-order valence-electron chi connectivity index (χ4n) is 2.99. The third-order valence-electron chi connectivity index (χ3n) is 4.30. The lowest BCUT2D eigenvalue weighted by molar-refractivity contribution is 0.472. The Bertz CT molecular complexity index is 1260. The smallest absolute Gasteiger partial charge is 0.279 e. The second-order valence-electron chi connectivity index (χ2n) is 6.08. The Balaban J connectivity index is 1.88. The van der Waals surface area contributed by atoms with Crippen molar-refractivity contribution in [3.63, 3.8) is 0 Å². The molecule has 0 saturated heterocycles. The number of hydrogen-bond donors (Lipinski definition) is 1. The highest BCUT2D eigenvalue weighted by molar-refractivity contribution is 6.30. The van der Waals surface area contributed by atoms with Crippen LogP contribution in [0.1, 0.15) is 5.56 Å². The van der Waals surface area contributed by atoms with Gasteiger partial charge in [0.1, 0.15) is 0 Å². The second kappa shape index (κ2) is 6.74. The van der Waals surface area contributed by atoms with E-state index in [1.54, 1.807) is 48.9 Å². The summed E-state index contributed by atoms with van der Waals surface area (Å²) in [5.74, 6) is -0.582. The van der Waals surface area contributed by atoms with Crippen molar-refractivity contribution >= 4 is 17.1 Å². The van der Waals surface area contributed by atoms with E-state index in [9.17, 15) is 14.7 Å². The van der Waals surface area contributed by atoms with E-state index in [4.69, 9.17) is 11.6 Å². The minimum atomic E-state index is -0.611. The molecule has 0 unspecified atom stereocenters. The van der Waals surface area contributed by atoms with Crippen molar-refractivity contribution in [2.45, 2.75) is 6.54 Å².